The lowest BCUT2D eigenvalue weighted by Gasteiger charge is -2.17. The quantitative estimate of drug-likeness (QED) is 0.208. The zero-order valence-electron chi connectivity index (χ0n) is 18.1. The Morgan fingerprint density at radius 1 is 1.14 bits per heavy atom. The molecule has 2 aromatic carbocycles. The molecule has 0 saturated heterocycles. The molecule has 4 N–H and O–H groups in total. The van der Waals surface area contributed by atoms with E-state index in [2.05, 4.69) is 25.0 Å². The van der Waals surface area contributed by atoms with Crippen molar-refractivity contribution in [2.24, 2.45) is 0 Å². The van der Waals surface area contributed by atoms with Crippen molar-refractivity contribution >= 4 is 38.0 Å². The van der Waals surface area contributed by atoms with Crippen LogP contribution in [0.4, 0.5) is 14.5 Å². The summed E-state index contributed by atoms with van der Waals surface area (Å²) in [6.45, 7) is -2.15. The molecule has 0 amide bonds. The van der Waals surface area contributed by atoms with Gasteiger partial charge in [-0.25, -0.2) is 8.42 Å². The molecule has 4 rings (SSSR count). The Labute approximate surface area is 203 Å². The maximum Gasteiger partial charge on any atom is 0.388 e. The summed E-state index contributed by atoms with van der Waals surface area (Å²) >= 11 is 1.10. The first-order valence-corrected chi connectivity index (χ1v) is 12.8. The molecule has 2 aromatic heterocycles. The first-order chi connectivity index (χ1) is 16.8. The topological polar surface area (TPSA) is 126 Å². The molecule has 0 spiro atoms. The summed E-state index contributed by atoms with van der Waals surface area (Å²) in [5, 5.41) is 22.1. The van der Waals surface area contributed by atoms with Crippen molar-refractivity contribution in [3.05, 3.63) is 65.5 Å². The van der Waals surface area contributed by atoms with Gasteiger partial charge >= 0.3 is 6.61 Å². The average molecular weight is 525 g/mol. The van der Waals surface area contributed by atoms with E-state index in [9.17, 15) is 22.3 Å². The lowest BCUT2D eigenvalue weighted by molar-refractivity contribution is -0.0518. The number of sulfonamides is 1. The molecule has 186 valence electrons. The summed E-state index contributed by atoms with van der Waals surface area (Å²) < 4.78 is 62.6. The highest BCUT2D eigenvalue weighted by atomic mass is 32.2. The Balaban J connectivity index is 1.28. The number of ether oxygens (including phenoxy) is 2. The van der Waals surface area contributed by atoms with Crippen molar-refractivity contribution in [3.63, 3.8) is 0 Å². The minimum Gasteiger partial charge on any atom is -0.492 e. The minimum atomic E-state index is -3.74. The van der Waals surface area contributed by atoms with E-state index in [-0.39, 0.29) is 23.2 Å². The SMILES string of the molecule is O=S(=O)(Nc1ccccc1C(O)CNCCOc1ccc2c(OC(F)F)n[nH]c2c1)c1cccs1. The second-order valence-corrected chi connectivity index (χ2v) is 10.2. The van der Waals surface area contributed by atoms with E-state index in [0.29, 0.717) is 34.4 Å². The van der Waals surface area contributed by atoms with Crippen molar-refractivity contribution in [2.75, 3.05) is 24.4 Å². The minimum absolute atomic E-state index is 0.162. The van der Waals surface area contributed by atoms with Crippen LogP contribution < -0.4 is 19.5 Å². The number of aromatic nitrogens is 2. The number of anilines is 1. The van der Waals surface area contributed by atoms with Crippen LogP contribution in [0.3, 0.4) is 0 Å². The lowest BCUT2D eigenvalue weighted by Crippen LogP contribution is -2.26. The van der Waals surface area contributed by atoms with Crippen molar-refractivity contribution in [3.8, 4) is 11.6 Å². The van der Waals surface area contributed by atoms with E-state index in [4.69, 9.17) is 4.74 Å². The predicted octanol–water partition coefficient (Wildman–Crippen LogP) is 3.73. The first kappa shape index (κ1) is 24.9. The van der Waals surface area contributed by atoms with Crippen LogP contribution in [0.1, 0.15) is 11.7 Å². The number of thiophene rings is 1. The van der Waals surface area contributed by atoms with Crippen LogP contribution >= 0.6 is 11.3 Å². The molecule has 0 aliphatic rings. The zero-order valence-corrected chi connectivity index (χ0v) is 19.8. The summed E-state index contributed by atoms with van der Waals surface area (Å²) in [6.07, 6.45) is -0.966. The molecule has 0 radical (unpaired) electrons. The van der Waals surface area contributed by atoms with Crippen LogP contribution in [0.2, 0.25) is 0 Å². The van der Waals surface area contributed by atoms with Crippen molar-refractivity contribution in [1.29, 1.82) is 0 Å². The predicted molar refractivity (Wildman–Crippen MR) is 128 cm³/mol. The zero-order chi connectivity index (χ0) is 24.8. The molecule has 1 atom stereocenters. The molecule has 13 heteroatoms. The van der Waals surface area contributed by atoms with Gasteiger partial charge in [-0.3, -0.25) is 9.82 Å². The number of benzene rings is 2. The number of aromatic amines is 1. The Bertz CT molecular complexity index is 1360. The monoisotopic (exact) mass is 524 g/mol. The van der Waals surface area contributed by atoms with Crippen LogP contribution in [0.5, 0.6) is 11.6 Å². The molecule has 0 saturated carbocycles. The molecule has 9 nitrogen and oxygen atoms in total. The van der Waals surface area contributed by atoms with Gasteiger partial charge in [0.2, 0.25) is 5.88 Å². The summed E-state index contributed by atoms with van der Waals surface area (Å²) in [6, 6.07) is 14.6. The number of nitrogens with zero attached hydrogens (tertiary/aromatic N) is 1. The summed E-state index contributed by atoms with van der Waals surface area (Å²) in [4.78, 5) is 0. The van der Waals surface area contributed by atoms with Crippen LogP contribution in [0, 0.1) is 0 Å². The van der Waals surface area contributed by atoms with Gasteiger partial charge in [0.15, 0.2) is 0 Å². The summed E-state index contributed by atoms with van der Waals surface area (Å²) in [5.41, 5.74) is 1.23. The fraction of sp³-hybridized carbons (Fsp3) is 0.227. The number of hydrogen-bond donors (Lipinski definition) is 4. The molecule has 4 aromatic rings. The maximum absolute atomic E-state index is 12.5. The van der Waals surface area contributed by atoms with Crippen LogP contribution in [-0.4, -0.2) is 50.0 Å². The number of fused-ring (bicyclic) bond motifs is 1. The van der Waals surface area contributed by atoms with Gasteiger partial charge < -0.3 is 19.9 Å². The second-order valence-electron chi connectivity index (χ2n) is 7.31. The van der Waals surface area contributed by atoms with E-state index in [1.165, 1.54) is 6.07 Å². The van der Waals surface area contributed by atoms with Crippen LogP contribution in [-0.2, 0) is 10.0 Å². The van der Waals surface area contributed by atoms with Crippen molar-refractivity contribution < 1.29 is 31.8 Å². The van der Waals surface area contributed by atoms with Gasteiger partial charge in [0, 0.05) is 24.7 Å². The number of para-hydroxylation sites is 1. The number of H-pyrrole nitrogens is 1. The van der Waals surface area contributed by atoms with Gasteiger partial charge in [0.05, 0.1) is 22.7 Å². The van der Waals surface area contributed by atoms with Gasteiger partial charge in [-0.15, -0.1) is 16.4 Å². The van der Waals surface area contributed by atoms with E-state index in [1.807, 2.05) is 0 Å². The summed E-state index contributed by atoms with van der Waals surface area (Å²) in [5.74, 6) is 0.315. The number of halogens is 2. The van der Waals surface area contributed by atoms with E-state index in [1.54, 1.807) is 53.9 Å². The Morgan fingerprint density at radius 3 is 2.74 bits per heavy atom. The molecule has 0 fully saturated rings. The second kappa shape index (κ2) is 11.0. The Kier molecular flexibility index (Phi) is 7.80. The van der Waals surface area contributed by atoms with E-state index in [0.717, 1.165) is 11.3 Å². The van der Waals surface area contributed by atoms with Crippen molar-refractivity contribution in [2.45, 2.75) is 16.9 Å². The normalized spacial score (nSPS) is 12.7. The van der Waals surface area contributed by atoms with E-state index < -0.39 is 22.7 Å². The maximum atomic E-state index is 12.5. The Morgan fingerprint density at radius 2 is 1.97 bits per heavy atom. The van der Waals surface area contributed by atoms with Crippen LogP contribution in [0.15, 0.2) is 64.2 Å². The van der Waals surface area contributed by atoms with E-state index >= 15 is 0 Å². The highest BCUT2D eigenvalue weighted by Gasteiger charge is 2.19. The highest BCUT2D eigenvalue weighted by Crippen LogP contribution is 2.28. The third-order valence-electron chi connectivity index (χ3n) is 4.91. The van der Waals surface area contributed by atoms with Gasteiger partial charge in [-0.1, -0.05) is 24.3 Å². The fourth-order valence-electron chi connectivity index (χ4n) is 3.32. The van der Waals surface area contributed by atoms with Crippen molar-refractivity contribution in [1.82, 2.24) is 15.5 Å². The average Bonchev–Trinajstić information content (AvgIpc) is 3.50. The van der Waals surface area contributed by atoms with Gasteiger partial charge in [-0.05, 0) is 29.6 Å². The third kappa shape index (κ3) is 6.25. The fourth-order valence-corrected chi connectivity index (χ4v) is 5.40. The largest absolute Gasteiger partial charge is 0.492 e. The van der Waals surface area contributed by atoms with Gasteiger partial charge in [0.25, 0.3) is 10.0 Å². The number of rotatable bonds is 12. The smallest absolute Gasteiger partial charge is 0.388 e. The molecule has 0 aliphatic heterocycles. The molecule has 35 heavy (non-hydrogen) atoms. The van der Waals surface area contributed by atoms with Gasteiger partial charge in [0.1, 0.15) is 16.6 Å². The molecule has 2 heterocycles. The number of hydrogen-bond acceptors (Lipinski definition) is 8. The molecule has 0 bridgehead atoms. The third-order valence-corrected chi connectivity index (χ3v) is 7.67. The highest BCUT2D eigenvalue weighted by molar-refractivity contribution is 7.94. The molecular weight excluding hydrogens is 502 g/mol. The number of aliphatic hydroxyl groups excluding tert-OH is 1. The first-order valence-electron chi connectivity index (χ1n) is 10.4. The van der Waals surface area contributed by atoms with Crippen LogP contribution in [0.25, 0.3) is 10.9 Å². The standard InChI is InChI=1S/C22H22F2N4O5S2/c23-22(24)33-21-16-8-7-14(12-18(16)26-27-21)32-10-9-25-13-19(29)15-4-1-2-5-17(15)28-35(30,31)20-6-3-11-34-20/h1-8,11-12,19,22,25,28-29H,9-10,13H2,(H,26,27). The van der Waals surface area contributed by atoms with Gasteiger partial charge in [-0.2, -0.15) is 8.78 Å². The Hall–Kier alpha value is -3.26. The summed E-state index contributed by atoms with van der Waals surface area (Å²) in [7, 11) is -3.74. The number of alkyl halides is 2. The molecule has 1 unspecified atom stereocenters. The molecular formula is C22H22F2N4O5S2. The molecule has 0 aliphatic carbocycles. The number of aliphatic hydroxyl groups is 1. The lowest BCUT2D eigenvalue weighted by atomic mass is 10.1. The number of nitrogens with one attached hydrogen (secondary N) is 3.